The second-order valence-corrected chi connectivity index (χ2v) is 5.88. The summed E-state index contributed by atoms with van der Waals surface area (Å²) in [7, 11) is 0. The maximum Gasteiger partial charge on any atom is 0.220 e. The van der Waals surface area contributed by atoms with Gasteiger partial charge in [-0.1, -0.05) is 27.7 Å². The van der Waals surface area contributed by atoms with E-state index in [0.717, 1.165) is 12.8 Å². The molecule has 0 aromatic carbocycles. The van der Waals surface area contributed by atoms with E-state index in [2.05, 4.69) is 39.9 Å². The highest BCUT2D eigenvalue weighted by atomic mass is 16.1. The number of carbonyl (C=O) groups is 1. The molecule has 0 aromatic rings. The van der Waals surface area contributed by atoms with Gasteiger partial charge in [0, 0.05) is 12.5 Å². The van der Waals surface area contributed by atoms with Crippen LogP contribution in [0.1, 0.15) is 53.9 Å². The second-order valence-electron chi connectivity index (χ2n) is 5.88. The molecule has 0 aliphatic rings. The Morgan fingerprint density at radius 1 is 1.25 bits per heavy atom. The molecule has 0 saturated carbocycles. The lowest BCUT2D eigenvalue weighted by atomic mass is 9.88. The maximum atomic E-state index is 11.7. The first-order chi connectivity index (χ1) is 7.27. The van der Waals surface area contributed by atoms with E-state index >= 15 is 0 Å². The van der Waals surface area contributed by atoms with E-state index in [0.29, 0.717) is 18.9 Å². The number of hydrogen-bond donors (Lipinski definition) is 2. The van der Waals surface area contributed by atoms with E-state index in [1.165, 1.54) is 0 Å². The van der Waals surface area contributed by atoms with E-state index in [4.69, 9.17) is 5.73 Å². The summed E-state index contributed by atoms with van der Waals surface area (Å²) < 4.78 is 0. The van der Waals surface area contributed by atoms with Crippen molar-refractivity contribution in [3.05, 3.63) is 0 Å². The van der Waals surface area contributed by atoms with Crippen molar-refractivity contribution < 1.29 is 4.79 Å². The van der Waals surface area contributed by atoms with Crippen molar-refractivity contribution in [3.63, 3.8) is 0 Å². The minimum absolute atomic E-state index is 0.124. The standard InChI is InChI=1S/C13H28N2O/c1-10(8-9-14)6-7-12(16)15-11(2)13(3,4)5/h10-11H,6-9,14H2,1-5H3,(H,15,16). The van der Waals surface area contributed by atoms with Gasteiger partial charge in [-0.15, -0.1) is 0 Å². The van der Waals surface area contributed by atoms with Crippen molar-refractivity contribution >= 4 is 5.91 Å². The third-order valence-corrected chi connectivity index (χ3v) is 3.20. The van der Waals surface area contributed by atoms with Gasteiger partial charge in [0.25, 0.3) is 0 Å². The van der Waals surface area contributed by atoms with Gasteiger partial charge in [-0.05, 0) is 37.6 Å². The number of carbonyl (C=O) groups excluding carboxylic acids is 1. The number of nitrogens with one attached hydrogen (secondary N) is 1. The Morgan fingerprint density at radius 3 is 2.25 bits per heavy atom. The first kappa shape index (κ1) is 15.4. The third kappa shape index (κ3) is 6.83. The Bertz CT molecular complexity index is 208. The third-order valence-electron chi connectivity index (χ3n) is 3.20. The van der Waals surface area contributed by atoms with Gasteiger partial charge < -0.3 is 11.1 Å². The van der Waals surface area contributed by atoms with Gasteiger partial charge >= 0.3 is 0 Å². The zero-order valence-electron chi connectivity index (χ0n) is 11.5. The van der Waals surface area contributed by atoms with Crippen LogP contribution < -0.4 is 11.1 Å². The number of nitrogens with two attached hydrogens (primary N) is 1. The van der Waals surface area contributed by atoms with Crippen LogP contribution >= 0.6 is 0 Å². The smallest absolute Gasteiger partial charge is 0.220 e. The normalized spacial score (nSPS) is 15.6. The quantitative estimate of drug-likeness (QED) is 0.733. The molecule has 0 aliphatic carbocycles. The predicted molar refractivity (Wildman–Crippen MR) is 69.1 cm³/mol. The summed E-state index contributed by atoms with van der Waals surface area (Å²) in [6, 6.07) is 0.213. The lowest BCUT2D eigenvalue weighted by molar-refractivity contribution is -0.122. The molecule has 0 radical (unpaired) electrons. The summed E-state index contributed by atoms with van der Waals surface area (Å²) in [4.78, 5) is 11.7. The van der Waals surface area contributed by atoms with Crippen molar-refractivity contribution in [3.8, 4) is 0 Å². The largest absolute Gasteiger partial charge is 0.353 e. The fraction of sp³-hybridized carbons (Fsp3) is 0.923. The summed E-state index contributed by atoms with van der Waals surface area (Å²) in [5, 5.41) is 3.05. The van der Waals surface area contributed by atoms with Crippen LogP contribution in [-0.2, 0) is 4.79 Å². The van der Waals surface area contributed by atoms with Gasteiger partial charge in [-0.3, -0.25) is 4.79 Å². The average Bonchev–Trinajstić information content (AvgIpc) is 2.13. The molecule has 0 saturated heterocycles. The average molecular weight is 228 g/mol. The highest BCUT2D eigenvalue weighted by Crippen LogP contribution is 2.18. The van der Waals surface area contributed by atoms with Crippen LogP contribution in [0.15, 0.2) is 0 Å². The van der Waals surface area contributed by atoms with Crippen LogP contribution in [0.3, 0.4) is 0 Å². The SMILES string of the molecule is CC(CCN)CCC(=O)NC(C)C(C)(C)C. The van der Waals surface area contributed by atoms with Gasteiger partial charge in [0.2, 0.25) is 5.91 Å². The van der Waals surface area contributed by atoms with Crippen molar-refractivity contribution in [2.45, 2.75) is 59.9 Å². The molecule has 3 N–H and O–H groups in total. The molecule has 3 heteroatoms. The zero-order valence-corrected chi connectivity index (χ0v) is 11.5. The Balaban J connectivity index is 3.83. The Labute approximate surface area is 100 Å². The van der Waals surface area contributed by atoms with Gasteiger partial charge in [-0.25, -0.2) is 0 Å². The molecular weight excluding hydrogens is 200 g/mol. The summed E-state index contributed by atoms with van der Waals surface area (Å²) in [5.41, 5.74) is 5.60. The van der Waals surface area contributed by atoms with Crippen LogP contribution in [-0.4, -0.2) is 18.5 Å². The van der Waals surface area contributed by atoms with Crippen molar-refractivity contribution in [2.24, 2.45) is 17.1 Å². The molecule has 0 aromatic heterocycles. The van der Waals surface area contributed by atoms with Crippen molar-refractivity contribution in [1.82, 2.24) is 5.32 Å². The van der Waals surface area contributed by atoms with E-state index < -0.39 is 0 Å². The van der Waals surface area contributed by atoms with E-state index in [1.54, 1.807) is 0 Å². The first-order valence-electron chi connectivity index (χ1n) is 6.26. The second kappa shape index (κ2) is 6.89. The van der Waals surface area contributed by atoms with Crippen LogP contribution in [0.25, 0.3) is 0 Å². The molecule has 0 fully saturated rings. The molecule has 2 unspecified atom stereocenters. The monoisotopic (exact) mass is 228 g/mol. The van der Waals surface area contributed by atoms with Crippen LogP contribution in [0, 0.1) is 11.3 Å². The molecular formula is C13H28N2O. The van der Waals surface area contributed by atoms with Gasteiger partial charge in [-0.2, -0.15) is 0 Å². The molecule has 0 spiro atoms. The molecule has 0 rings (SSSR count). The molecule has 3 nitrogen and oxygen atoms in total. The van der Waals surface area contributed by atoms with Crippen molar-refractivity contribution in [1.29, 1.82) is 0 Å². The van der Waals surface area contributed by atoms with Gasteiger partial charge in [0.15, 0.2) is 0 Å². The molecule has 16 heavy (non-hydrogen) atoms. The van der Waals surface area contributed by atoms with Gasteiger partial charge in [0.1, 0.15) is 0 Å². The zero-order chi connectivity index (χ0) is 12.8. The van der Waals surface area contributed by atoms with E-state index in [-0.39, 0.29) is 17.4 Å². The molecule has 96 valence electrons. The molecule has 1 amide bonds. The number of hydrogen-bond acceptors (Lipinski definition) is 2. The molecule has 0 heterocycles. The van der Waals surface area contributed by atoms with Crippen LogP contribution in [0.2, 0.25) is 0 Å². The van der Waals surface area contributed by atoms with E-state index in [9.17, 15) is 4.79 Å². The van der Waals surface area contributed by atoms with Crippen molar-refractivity contribution in [2.75, 3.05) is 6.54 Å². The number of amides is 1. The van der Waals surface area contributed by atoms with Crippen LogP contribution in [0.5, 0.6) is 0 Å². The first-order valence-corrected chi connectivity index (χ1v) is 6.26. The Kier molecular flexibility index (Phi) is 6.65. The Morgan fingerprint density at radius 2 is 1.81 bits per heavy atom. The summed E-state index contributed by atoms with van der Waals surface area (Å²) >= 11 is 0. The van der Waals surface area contributed by atoms with Crippen LogP contribution in [0.4, 0.5) is 0 Å². The molecule has 2 atom stereocenters. The highest BCUT2D eigenvalue weighted by molar-refractivity contribution is 5.76. The fourth-order valence-electron chi connectivity index (χ4n) is 1.34. The molecule has 0 bridgehead atoms. The summed E-state index contributed by atoms with van der Waals surface area (Å²) in [5.74, 6) is 0.701. The molecule has 0 aliphatic heterocycles. The minimum atomic E-state index is 0.124. The minimum Gasteiger partial charge on any atom is -0.353 e. The topological polar surface area (TPSA) is 55.1 Å². The van der Waals surface area contributed by atoms with Gasteiger partial charge in [0.05, 0.1) is 0 Å². The maximum absolute atomic E-state index is 11.7. The Hall–Kier alpha value is -0.570. The number of rotatable bonds is 6. The predicted octanol–water partition coefficient (Wildman–Crippen LogP) is 2.30. The summed E-state index contributed by atoms with van der Waals surface area (Å²) in [6.07, 6.45) is 2.55. The lowest BCUT2D eigenvalue weighted by Crippen LogP contribution is -2.41. The van der Waals surface area contributed by atoms with E-state index in [1.807, 2.05) is 0 Å². The summed E-state index contributed by atoms with van der Waals surface area (Å²) in [6.45, 7) is 11.3. The fourth-order valence-corrected chi connectivity index (χ4v) is 1.34. The highest BCUT2D eigenvalue weighted by Gasteiger charge is 2.21. The lowest BCUT2D eigenvalue weighted by Gasteiger charge is -2.28.